The maximum Gasteiger partial charge on any atom is 0.331 e. The van der Waals surface area contributed by atoms with Gasteiger partial charge in [0.25, 0.3) is 5.91 Å². The maximum atomic E-state index is 12.2. The molecule has 1 atom stereocenters. The first-order valence-corrected chi connectivity index (χ1v) is 5.99. The van der Waals surface area contributed by atoms with Crippen molar-refractivity contribution in [2.75, 3.05) is 13.2 Å². The van der Waals surface area contributed by atoms with E-state index < -0.39 is 5.54 Å². The smallest absolute Gasteiger partial charge is 0.331 e. The molecule has 1 aromatic rings. The fourth-order valence-corrected chi connectivity index (χ4v) is 2.03. The second-order valence-electron chi connectivity index (χ2n) is 4.44. The third-order valence-electron chi connectivity index (χ3n) is 3.29. The Kier molecular flexibility index (Phi) is 3.32. The quantitative estimate of drug-likeness (QED) is 0.755. The third-order valence-corrected chi connectivity index (χ3v) is 3.29. The number of aromatic nitrogens is 1. The molecule has 0 aliphatic carbocycles. The van der Waals surface area contributed by atoms with Crippen LogP contribution in [-0.2, 0) is 9.53 Å². The van der Waals surface area contributed by atoms with Gasteiger partial charge in [0, 0.05) is 18.9 Å². The van der Waals surface area contributed by atoms with Crippen molar-refractivity contribution in [3.63, 3.8) is 0 Å². The van der Waals surface area contributed by atoms with Gasteiger partial charge < -0.3 is 9.64 Å². The van der Waals surface area contributed by atoms with Gasteiger partial charge in [0.2, 0.25) is 0 Å². The van der Waals surface area contributed by atoms with Crippen LogP contribution in [0.25, 0.3) is 0 Å². The van der Waals surface area contributed by atoms with Crippen molar-refractivity contribution >= 4 is 11.9 Å². The molecule has 0 N–H and O–H groups in total. The number of esters is 1. The Morgan fingerprint density at radius 3 is 2.83 bits per heavy atom. The largest absolute Gasteiger partial charge is 0.464 e. The topological polar surface area (TPSA) is 59.5 Å². The lowest BCUT2D eigenvalue weighted by Gasteiger charge is -2.48. The Balaban J connectivity index is 2.15. The van der Waals surface area contributed by atoms with Crippen LogP contribution in [0, 0.1) is 0 Å². The van der Waals surface area contributed by atoms with Gasteiger partial charge in [0.1, 0.15) is 5.54 Å². The molecule has 96 valence electrons. The van der Waals surface area contributed by atoms with Gasteiger partial charge in [-0.15, -0.1) is 0 Å². The van der Waals surface area contributed by atoms with Gasteiger partial charge in [-0.25, -0.2) is 4.79 Å². The number of hydrogen-bond donors (Lipinski definition) is 0. The van der Waals surface area contributed by atoms with Gasteiger partial charge >= 0.3 is 5.97 Å². The van der Waals surface area contributed by atoms with E-state index in [4.69, 9.17) is 4.74 Å². The van der Waals surface area contributed by atoms with Crippen LogP contribution in [0.1, 0.15) is 30.6 Å². The van der Waals surface area contributed by atoms with Gasteiger partial charge in [-0.2, -0.15) is 0 Å². The predicted octanol–water partition coefficient (Wildman–Crippen LogP) is 1.25. The van der Waals surface area contributed by atoms with E-state index >= 15 is 0 Å². The average Bonchev–Trinajstić information content (AvgIpc) is 2.37. The maximum absolute atomic E-state index is 12.2. The summed E-state index contributed by atoms with van der Waals surface area (Å²) in [6, 6.07) is 3.40. The molecule has 18 heavy (non-hydrogen) atoms. The minimum absolute atomic E-state index is 0.176. The number of nitrogens with zero attached hydrogens (tertiary/aromatic N) is 2. The summed E-state index contributed by atoms with van der Waals surface area (Å²) in [5.74, 6) is -0.515. The lowest BCUT2D eigenvalue weighted by molar-refractivity contribution is -0.162. The van der Waals surface area contributed by atoms with Gasteiger partial charge in [-0.05, 0) is 32.4 Å². The Labute approximate surface area is 106 Å². The van der Waals surface area contributed by atoms with E-state index in [9.17, 15) is 9.59 Å². The van der Waals surface area contributed by atoms with Crippen molar-refractivity contribution in [1.29, 1.82) is 0 Å². The second-order valence-corrected chi connectivity index (χ2v) is 4.44. The van der Waals surface area contributed by atoms with Gasteiger partial charge in [0.05, 0.1) is 12.2 Å². The Morgan fingerprint density at radius 2 is 2.33 bits per heavy atom. The molecule has 2 heterocycles. The fraction of sp³-hybridized carbons (Fsp3) is 0.462. The molecule has 1 aliphatic heterocycles. The van der Waals surface area contributed by atoms with Crippen LogP contribution < -0.4 is 0 Å². The number of carbonyl (C=O) groups is 2. The summed E-state index contributed by atoms with van der Waals surface area (Å²) < 4.78 is 5.02. The van der Waals surface area contributed by atoms with Crippen LogP contribution in [0.4, 0.5) is 0 Å². The van der Waals surface area contributed by atoms with Crippen molar-refractivity contribution in [3.05, 3.63) is 30.1 Å². The van der Waals surface area contributed by atoms with Crippen molar-refractivity contribution in [2.24, 2.45) is 0 Å². The molecule has 5 nitrogen and oxygen atoms in total. The van der Waals surface area contributed by atoms with Crippen LogP contribution >= 0.6 is 0 Å². The Hall–Kier alpha value is -1.91. The summed E-state index contributed by atoms with van der Waals surface area (Å²) in [5.41, 5.74) is -0.337. The summed E-state index contributed by atoms with van der Waals surface area (Å²) in [7, 11) is 0. The van der Waals surface area contributed by atoms with Crippen molar-refractivity contribution in [1.82, 2.24) is 9.88 Å². The lowest BCUT2D eigenvalue weighted by atomic mass is 9.86. The zero-order valence-electron chi connectivity index (χ0n) is 10.5. The number of ether oxygens (including phenoxy) is 1. The van der Waals surface area contributed by atoms with E-state index in [2.05, 4.69) is 4.98 Å². The molecule has 0 aromatic carbocycles. The predicted molar refractivity (Wildman–Crippen MR) is 64.9 cm³/mol. The van der Waals surface area contributed by atoms with Crippen molar-refractivity contribution < 1.29 is 14.3 Å². The molecule has 1 fully saturated rings. The summed E-state index contributed by atoms with van der Waals surface area (Å²) in [4.78, 5) is 29.5. The van der Waals surface area contributed by atoms with E-state index in [0.717, 1.165) is 0 Å². The molecule has 1 unspecified atom stereocenters. The summed E-state index contributed by atoms with van der Waals surface area (Å²) in [6.45, 7) is 4.39. The highest BCUT2D eigenvalue weighted by Crippen LogP contribution is 2.32. The van der Waals surface area contributed by atoms with Gasteiger partial charge in [0.15, 0.2) is 0 Å². The number of carbonyl (C=O) groups excluding carboxylic acids is 2. The minimum atomic E-state index is -0.830. The van der Waals surface area contributed by atoms with E-state index in [-0.39, 0.29) is 11.9 Å². The van der Waals surface area contributed by atoms with Crippen LogP contribution in [-0.4, -0.2) is 40.5 Å². The first kappa shape index (κ1) is 12.5. The van der Waals surface area contributed by atoms with Crippen LogP contribution in [0.3, 0.4) is 0 Å². The Morgan fingerprint density at radius 1 is 1.56 bits per heavy atom. The van der Waals surface area contributed by atoms with Crippen molar-refractivity contribution in [3.8, 4) is 0 Å². The number of hydrogen-bond acceptors (Lipinski definition) is 4. The molecule has 0 saturated carbocycles. The first-order chi connectivity index (χ1) is 8.59. The first-order valence-electron chi connectivity index (χ1n) is 5.99. The molecule has 5 heteroatoms. The van der Waals surface area contributed by atoms with Crippen LogP contribution in [0.2, 0.25) is 0 Å². The van der Waals surface area contributed by atoms with E-state index in [1.165, 1.54) is 6.20 Å². The summed E-state index contributed by atoms with van der Waals surface area (Å²) >= 11 is 0. The second kappa shape index (κ2) is 4.76. The zero-order valence-corrected chi connectivity index (χ0v) is 10.5. The molecule has 2 rings (SSSR count). The SMILES string of the molecule is CCOC(=O)C1(C)CCN1C(=O)c1cccnc1. The van der Waals surface area contributed by atoms with Crippen molar-refractivity contribution in [2.45, 2.75) is 25.8 Å². The standard InChI is InChI=1S/C13H16N2O3/c1-3-18-12(17)13(2)6-8-15(13)11(16)10-5-4-7-14-9-10/h4-5,7,9H,3,6,8H2,1-2H3. The Bertz CT molecular complexity index is 461. The summed E-state index contributed by atoms with van der Waals surface area (Å²) in [5, 5.41) is 0. The van der Waals surface area contributed by atoms with E-state index in [0.29, 0.717) is 25.1 Å². The van der Waals surface area contributed by atoms with E-state index in [1.54, 1.807) is 37.1 Å². The summed E-state index contributed by atoms with van der Waals surface area (Å²) in [6.07, 6.45) is 3.75. The highest BCUT2D eigenvalue weighted by Gasteiger charge is 2.50. The number of pyridine rings is 1. The van der Waals surface area contributed by atoms with E-state index in [1.807, 2.05) is 0 Å². The lowest BCUT2D eigenvalue weighted by Crippen LogP contribution is -2.65. The molecule has 1 amide bonds. The highest BCUT2D eigenvalue weighted by molar-refractivity contribution is 5.99. The number of amides is 1. The van der Waals surface area contributed by atoms with Crippen LogP contribution in [0.15, 0.2) is 24.5 Å². The van der Waals surface area contributed by atoms with Gasteiger partial charge in [-0.1, -0.05) is 0 Å². The number of rotatable bonds is 3. The molecule has 1 aromatic heterocycles. The average molecular weight is 248 g/mol. The molecule has 1 saturated heterocycles. The molecular formula is C13H16N2O3. The normalized spacial score (nSPS) is 22.2. The molecule has 0 bridgehead atoms. The van der Waals surface area contributed by atoms with Crippen LogP contribution in [0.5, 0.6) is 0 Å². The minimum Gasteiger partial charge on any atom is -0.464 e. The molecule has 0 radical (unpaired) electrons. The highest BCUT2D eigenvalue weighted by atomic mass is 16.5. The number of likely N-dealkylation sites (tertiary alicyclic amines) is 1. The molecule has 0 spiro atoms. The molecular weight excluding hydrogens is 232 g/mol. The monoisotopic (exact) mass is 248 g/mol. The third kappa shape index (κ3) is 1.96. The zero-order chi connectivity index (χ0) is 13.2. The molecule has 1 aliphatic rings. The van der Waals surface area contributed by atoms with Gasteiger partial charge in [-0.3, -0.25) is 9.78 Å². The fourth-order valence-electron chi connectivity index (χ4n) is 2.03.